The Labute approximate surface area is 330 Å². The third kappa shape index (κ3) is 7.68. The van der Waals surface area contributed by atoms with E-state index in [9.17, 15) is 37.5 Å². The number of aromatic nitrogens is 2. The summed E-state index contributed by atoms with van der Waals surface area (Å²) in [7, 11) is -4.10. The van der Waals surface area contributed by atoms with Gasteiger partial charge in [-0.1, -0.05) is 37.3 Å². The molecule has 18 heteroatoms. The van der Waals surface area contributed by atoms with E-state index < -0.39 is 70.3 Å². The highest BCUT2D eigenvalue weighted by molar-refractivity contribution is 7.92. The van der Waals surface area contributed by atoms with Crippen molar-refractivity contribution < 1.29 is 42.2 Å². The van der Waals surface area contributed by atoms with Crippen LogP contribution in [0.3, 0.4) is 0 Å². The fourth-order valence-electron chi connectivity index (χ4n) is 7.12. The predicted octanol–water partition coefficient (Wildman–Crippen LogP) is 3.45. The van der Waals surface area contributed by atoms with Crippen molar-refractivity contribution >= 4 is 62.1 Å². The minimum atomic E-state index is -4.10. The largest absolute Gasteiger partial charge is 0.481 e. The first-order chi connectivity index (χ1) is 27.7. The zero-order valence-corrected chi connectivity index (χ0v) is 31.7. The number of nitrogens with zero attached hydrogens (tertiary/aromatic N) is 3. The van der Waals surface area contributed by atoms with Crippen molar-refractivity contribution in [2.45, 2.75) is 62.3 Å². The number of ether oxygens (including phenoxy) is 2. The zero-order valence-electron chi connectivity index (χ0n) is 30.9. The first-order valence-electron chi connectivity index (χ1n) is 18.1. The number of carboxylic acids is 1. The van der Waals surface area contributed by atoms with Gasteiger partial charge in [-0.3, -0.25) is 23.9 Å². The number of carbonyl (C=O) groups is 4. The maximum Gasteiger partial charge on any atom is 0.355 e. The Kier molecular flexibility index (Phi) is 10.4. The van der Waals surface area contributed by atoms with Gasteiger partial charge in [0.1, 0.15) is 6.61 Å². The monoisotopic (exact) mass is 807 g/mol. The normalized spacial score (nSPS) is 15.9. The minimum Gasteiger partial charge on any atom is -0.481 e. The Morgan fingerprint density at radius 2 is 1.78 bits per heavy atom. The molecule has 2 aliphatic rings. The van der Waals surface area contributed by atoms with Gasteiger partial charge in [-0.2, -0.15) is 0 Å². The minimum absolute atomic E-state index is 0.0816. The van der Waals surface area contributed by atoms with Crippen LogP contribution in [0.25, 0.3) is 22.3 Å². The Balaban J connectivity index is 1.06. The first kappa shape index (κ1) is 39.2. The van der Waals surface area contributed by atoms with Crippen LogP contribution in [-0.2, 0) is 57.4 Å². The van der Waals surface area contributed by atoms with Gasteiger partial charge in [0.05, 0.1) is 58.5 Å². The maximum absolute atomic E-state index is 13.8. The van der Waals surface area contributed by atoms with Gasteiger partial charge >= 0.3 is 17.9 Å². The van der Waals surface area contributed by atoms with E-state index in [1.807, 2.05) is 30.3 Å². The molecular weight excluding hydrogens is 771 g/mol. The highest BCUT2D eigenvalue weighted by atomic mass is 32.2. The van der Waals surface area contributed by atoms with Crippen LogP contribution < -0.4 is 27.1 Å². The van der Waals surface area contributed by atoms with Crippen molar-refractivity contribution in [3.8, 4) is 11.4 Å². The number of sulfonamides is 1. The summed E-state index contributed by atoms with van der Waals surface area (Å²) >= 11 is 0. The summed E-state index contributed by atoms with van der Waals surface area (Å²) in [5.41, 5.74) is 12.0. The molecule has 5 aromatic rings. The van der Waals surface area contributed by atoms with Gasteiger partial charge in [-0.25, -0.2) is 23.2 Å². The number of amides is 1. The fourth-order valence-corrected chi connectivity index (χ4v) is 8.17. The van der Waals surface area contributed by atoms with Crippen molar-refractivity contribution in [3.05, 3.63) is 118 Å². The average molecular weight is 808 g/mol. The van der Waals surface area contributed by atoms with E-state index in [0.717, 1.165) is 16.5 Å². The lowest BCUT2D eigenvalue weighted by atomic mass is 9.85. The Bertz CT molecular complexity index is 2710. The van der Waals surface area contributed by atoms with Crippen LogP contribution in [0.5, 0.6) is 0 Å². The summed E-state index contributed by atoms with van der Waals surface area (Å²) in [5, 5.41) is 13.1. The summed E-state index contributed by atoms with van der Waals surface area (Å²) in [6, 6.07) is 21.2. The third-order valence-electron chi connectivity index (χ3n) is 9.89. The van der Waals surface area contributed by atoms with Crippen LogP contribution in [0.15, 0.2) is 99.6 Å². The number of esters is 2. The van der Waals surface area contributed by atoms with Crippen molar-refractivity contribution in [1.29, 1.82) is 0 Å². The van der Waals surface area contributed by atoms with E-state index in [-0.39, 0.29) is 52.8 Å². The van der Waals surface area contributed by atoms with Gasteiger partial charge in [0.25, 0.3) is 15.6 Å². The Hall–Kier alpha value is -7.08. The molecule has 4 heterocycles. The number of fused-ring (bicyclic) bond motifs is 5. The van der Waals surface area contributed by atoms with Gasteiger partial charge in [0.15, 0.2) is 5.96 Å². The molecule has 0 fully saturated rings. The number of aliphatic imine (C=N–C) groups is 1. The molecule has 2 aliphatic heterocycles. The Morgan fingerprint density at radius 3 is 2.50 bits per heavy atom. The molecule has 7 N–H and O–H groups in total. The molecule has 2 atom stereocenters. The molecule has 1 amide bonds. The van der Waals surface area contributed by atoms with Crippen LogP contribution in [0.1, 0.15) is 60.9 Å². The highest BCUT2D eigenvalue weighted by Gasteiger charge is 2.50. The lowest BCUT2D eigenvalue weighted by Gasteiger charge is -2.35. The van der Waals surface area contributed by atoms with E-state index in [1.54, 1.807) is 17.6 Å². The number of rotatable bonds is 13. The number of nitrogens with one attached hydrogen (secondary N) is 2. The maximum atomic E-state index is 13.8. The lowest BCUT2D eigenvalue weighted by molar-refractivity contribution is -0.189. The van der Waals surface area contributed by atoms with E-state index in [1.165, 1.54) is 48.5 Å². The summed E-state index contributed by atoms with van der Waals surface area (Å²) in [5.74, 6) is -3.99. The van der Waals surface area contributed by atoms with Gasteiger partial charge in [0, 0.05) is 28.6 Å². The zero-order chi connectivity index (χ0) is 41.4. The summed E-state index contributed by atoms with van der Waals surface area (Å²) in [6.45, 7) is 1.55. The van der Waals surface area contributed by atoms with Crippen molar-refractivity contribution in [1.82, 2.24) is 14.9 Å². The average Bonchev–Trinajstić information content (AvgIpc) is 3.54. The molecule has 2 aromatic heterocycles. The van der Waals surface area contributed by atoms with Crippen molar-refractivity contribution in [2.24, 2.45) is 16.5 Å². The molecular formula is C40H37N7O10S. The molecule has 298 valence electrons. The molecule has 0 saturated carbocycles. The number of aliphatic carboxylic acids is 1. The second-order valence-corrected chi connectivity index (χ2v) is 15.4. The van der Waals surface area contributed by atoms with Crippen molar-refractivity contribution in [3.63, 3.8) is 0 Å². The van der Waals surface area contributed by atoms with Gasteiger partial charge in [0.2, 0.25) is 11.5 Å². The molecule has 1 unspecified atom stereocenters. The number of hydrogen-bond acceptors (Lipinski definition) is 11. The quantitative estimate of drug-likeness (QED) is 0.0637. The van der Waals surface area contributed by atoms with E-state index >= 15 is 0 Å². The van der Waals surface area contributed by atoms with Gasteiger partial charge in [-0.15, -0.1) is 0 Å². The number of carboxylic acid groups (broad SMARTS) is 1. The second kappa shape index (κ2) is 15.5. The number of nitrogens with two attached hydrogens (primary N) is 2. The van der Waals surface area contributed by atoms with E-state index in [2.05, 4.69) is 15.0 Å². The van der Waals surface area contributed by atoms with E-state index in [0.29, 0.717) is 17.1 Å². The lowest BCUT2D eigenvalue weighted by Crippen LogP contribution is -2.47. The fraction of sp³-hybridized carbons (Fsp3) is 0.225. The summed E-state index contributed by atoms with van der Waals surface area (Å²) in [6.07, 6.45) is -1.64. The smallest absolute Gasteiger partial charge is 0.355 e. The summed E-state index contributed by atoms with van der Waals surface area (Å²) < 4.78 is 41.4. The molecule has 17 nitrogen and oxygen atoms in total. The first-order valence-corrected chi connectivity index (χ1v) is 19.5. The summed E-state index contributed by atoms with van der Waals surface area (Å²) in [4.78, 5) is 74.3. The van der Waals surface area contributed by atoms with Crippen LogP contribution in [0.2, 0.25) is 0 Å². The number of carbonyl (C=O) groups excluding carboxylic acids is 3. The predicted molar refractivity (Wildman–Crippen MR) is 210 cm³/mol. The van der Waals surface area contributed by atoms with Gasteiger partial charge < -0.3 is 35.9 Å². The molecule has 0 bridgehead atoms. The van der Waals surface area contributed by atoms with E-state index in [4.69, 9.17) is 25.9 Å². The Morgan fingerprint density at radius 1 is 1.02 bits per heavy atom. The van der Waals surface area contributed by atoms with Gasteiger partial charge in [-0.05, 0) is 66.6 Å². The second-order valence-electron chi connectivity index (χ2n) is 13.7. The number of para-hydroxylation sites is 1. The van der Waals surface area contributed by atoms with Crippen LogP contribution in [0.4, 0.5) is 11.4 Å². The molecule has 3 aromatic carbocycles. The third-order valence-corrected chi connectivity index (χ3v) is 11.3. The highest BCUT2D eigenvalue weighted by Crippen LogP contribution is 2.41. The number of cyclic esters (lactones) is 1. The van der Waals surface area contributed by atoms with Crippen LogP contribution in [0, 0.1) is 0 Å². The number of anilines is 1. The molecule has 0 radical (unpaired) electrons. The number of hydrogen-bond donors (Lipinski definition) is 5. The topological polar surface area (TPSA) is 264 Å². The molecule has 7 rings (SSSR count). The number of benzene rings is 3. The molecule has 0 saturated heterocycles. The number of pyridine rings is 2. The molecule has 58 heavy (non-hydrogen) atoms. The van der Waals surface area contributed by atoms with Crippen LogP contribution >= 0.6 is 0 Å². The SMILES string of the molecule is CC[C@@]1(OC(=O)CCC(=O)NC(CC(=O)O)c2cccc(NS(=O)(=O)c3ccc(N=C(N)N)cc3)c2)C(=O)OCc2c1cc1n(c2=O)Cc2cc3ccccc3nc2-1. The standard InChI is InChI=1S/C40H37N7O10S/c1-2-40(29-18-32-36-24(16-22-6-3-4-9-30(22)45-36)20-47(32)37(52)28(29)21-56-38(40)53)57-35(51)15-14-33(48)44-31(19-34(49)50)23-7-5-8-26(17-23)46-58(54,55)27-12-10-25(11-13-27)43-39(41)42/h3-13,16-18,31,46H,2,14-15,19-21H2,1H3,(H,44,48)(H,49,50)(H4,41,42,43)/t31?,40-/m0/s1. The number of guanidine groups is 1. The molecule has 0 spiro atoms. The van der Waals surface area contributed by atoms with Crippen molar-refractivity contribution in [2.75, 3.05) is 4.72 Å². The van der Waals surface area contributed by atoms with Crippen LogP contribution in [-0.4, -0.2) is 52.9 Å². The molecule has 0 aliphatic carbocycles.